The fourth-order valence-electron chi connectivity index (χ4n) is 1.28. The Labute approximate surface area is 88.1 Å². The van der Waals surface area contributed by atoms with Gasteiger partial charge < -0.3 is 0 Å². The second-order valence-electron chi connectivity index (χ2n) is 3.86. The number of Topliss-reactive ketones (excluding diaryl/α,β-unsaturated/α-hetero) is 1. The molecule has 0 spiro atoms. The highest BCUT2D eigenvalue weighted by atomic mass is 19.1. The molecule has 15 heavy (non-hydrogen) atoms. The quantitative estimate of drug-likeness (QED) is 0.749. The topological polar surface area (TPSA) is 17.1 Å². The van der Waals surface area contributed by atoms with Crippen LogP contribution >= 0.6 is 0 Å². The van der Waals surface area contributed by atoms with Crippen LogP contribution in [0, 0.1) is 17.6 Å². The number of halogens is 2. The number of ketones is 1. The summed E-state index contributed by atoms with van der Waals surface area (Å²) in [6.45, 7) is 3.59. The molecule has 0 saturated heterocycles. The Hall–Kier alpha value is -1.25. The molecule has 0 radical (unpaired) electrons. The fourth-order valence-corrected chi connectivity index (χ4v) is 1.28. The Kier molecular flexibility index (Phi) is 3.95. The van der Waals surface area contributed by atoms with Crippen molar-refractivity contribution in [3.63, 3.8) is 0 Å². The van der Waals surface area contributed by atoms with E-state index in [0.29, 0.717) is 0 Å². The summed E-state index contributed by atoms with van der Waals surface area (Å²) in [6, 6.07) is 3.30. The van der Waals surface area contributed by atoms with E-state index in [9.17, 15) is 13.6 Å². The smallest absolute Gasteiger partial charge is 0.135 e. The van der Waals surface area contributed by atoms with Crippen molar-refractivity contribution in [2.75, 3.05) is 0 Å². The number of benzene rings is 1. The summed E-state index contributed by atoms with van der Waals surface area (Å²) in [4.78, 5) is 11.3. The standard InChI is InChI=1S/C12H14F2O/c1-8(2)12(15)6-3-9-7-10(13)4-5-11(9)14/h4-5,7-8H,3,6H2,1-2H3. The third-order valence-electron chi connectivity index (χ3n) is 2.29. The summed E-state index contributed by atoms with van der Waals surface area (Å²) in [7, 11) is 0. The van der Waals surface area contributed by atoms with Gasteiger partial charge in [0.05, 0.1) is 0 Å². The molecule has 0 saturated carbocycles. The molecule has 0 unspecified atom stereocenters. The highest BCUT2D eigenvalue weighted by molar-refractivity contribution is 5.80. The van der Waals surface area contributed by atoms with Gasteiger partial charge in [-0.05, 0) is 30.2 Å². The Balaban J connectivity index is 2.65. The lowest BCUT2D eigenvalue weighted by molar-refractivity contribution is -0.121. The molecule has 0 aliphatic carbocycles. The Morgan fingerprint density at radius 2 is 2.00 bits per heavy atom. The Bertz CT molecular complexity index is 359. The van der Waals surface area contributed by atoms with E-state index < -0.39 is 11.6 Å². The number of hydrogen-bond donors (Lipinski definition) is 0. The van der Waals surface area contributed by atoms with Gasteiger partial charge in [0, 0.05) is 12.3 Å². The van der Waals surface area contributed by atoms with Crippen LogP contribution in [0.4, 0.5) is 8.78 Å². The molecule has 0 heterocycles. The molecule has 0 bridgehead atoms. The zero-order chi connectivity index (χ0) is 11.4. The third-order valence-corrected chi connectivity index (χ3v) is 2.29. The maximum atomic E-state index is 13.1. The van der Waals surface area contributed by atoms with Crippen LogP contribution in [0.2, 0.25) is 0 Å². The van der Waals surface area contributed by atoms with Gasteiger partial charge in [-0.1, -0.05) is 13.8 Å². The van der Waals surface area contributed by atoms with Gasteiger partial charge in [-0.15, -0.1) is 0 Å². The molecule has 1 aromatic rings. The predicted molar refractivity (Wildman–Crippen MR) is 54.5 cm³/mol. The Morgan fingerprint density at radius 3 is 2.60 bits per heavy atom. The molecule has 1 rings (SSSR count). The lowest BCUT2D eigenvalue weighted by Crippen LogP contribution is -2.08. The summed E-state index contributed by atoms with van der Waals surface area (Å²) in [5.41, 5.74) is 0.268. The lowest BCUT2D eigenvalue weighted by Gasteiger charge is -2.05. The number of rotatable bonds is 4. The second-order valence-corrected chi connectivity index (χ2v) is 3.86. The highest BCUT2D eigenvalue weighted by Crippen LogP contribution is 2.13. The molecule has 0 aliphatic rings. The van der Waals surface area contributed by atoms with Crippen molar-refractivity contribution in [2.24, 2.45) is 5.92 Å². The molecule has 82 valence electrons. The third kappa shape index (κ3) is 3.42. The first-order valence-corrected chi connectivity index (χ1v) is 4.97. The minimum atomic E-state index is -0.469. The molecule has 1 nitrogen and oxygen atoms in total. The normalized spacial score (nSPS) is 10.7. The fraction of sp³-hybridized carbons (Fsp3) is 0.417. The monoisotopic (exact) mass is 212 g/mol. The molecule has 0 aromatic heterocycles. The minimum absolute atomic E-state index is 0.0541. The zero-order valence-electron chi connectivity index (χ0n) is 8.89. The van der Waals surface area contributed by atoms with Crippen LogP contribution < -0.4 is 0 Å². The van der Waals surface area contributed by atoms with E-state index in [1.165, 1.54) is 0 Å². The van der Waals surface area contributed by atoms with Crippen molar-refractivity contribution in [3.05, 3.63) is 35.4 Å². The van der Waals surface area contributed by atoms with Crippen molar-refractivity contribution in [2.45, 2.75) is 26.7 Å². The van der Waals surface area contributed by atoms with Crippen LogP contribution in [0.25, 0.3) is 0 Å². The molecular formula is C12H14F2O. The van der Waals surface area contributed by atoms with Gasteiger partial charge in [-0.3, -0.25) is 4.79 Å². The Morgan fingerprint density at radius 1 is 1.33 bits per heavy atom. The second kappa shape index (κ2) is 5.01. The van der Waals surface area contributed by atoms with Crippen LogP contribution in [0.1, 0.15) is 25.8 Å². The van der Waals surface area contributed by atoms with E-state index in [2.05, 4.69) is 0 Å². The number of carbonyl (C=O) groups excluding carboxylic acids is 1. The van der Waals surface area contributed by atoms with E-state index >= 15 is 0 Å². The average Bonchev–Trinajstić information content (AvgIpc) is 2.18. The van der Waals surface area contributed by atoms with Crippen LogP contribution in [0.15, 0.2) is 18.2 Å². The number of carbonyl (C=O) groups is 1. The molecule has 3 heteroatoms. The number of aryl methyl sites for hydroxylation is 1. The summed E-state index contributed by atoms with van der Waals surface area (Å²) in [5, 5.41) is 0. The van der Waals surface area contributed by atoms with Crippen LogP contribution in [0.5, 0.6) is 0 Å². The highest BCUT2D eigenvalue weighted by Gasteiger charge is 2.09. The SMILES string of the molecule is CC(C)C(=O)CCc1cc(F)ccc1F. The molecule has 0 fully saturated rings. The molecule has 0 atom stereocenters. The molecule has 0 aliphatic heterocycles. The van der Waals surface area contributed by atoms with Gasteiger partial charge in [0.25, 0.3) is 0 Å². The van der Waals surface area contributed by atoms with Gasteiger partial charge in [0.15, 0.2) is 0 Å². The van der Waals surface area contributed by atoms with Crippen molar-refractivity contribution >= 4 is 5.78 Å². The maximum absolute atomic E-state index is 13.1. The van der Waals surface area contributed by atoms with Gasteiger partial charge in [-0.25, -0.2) is 8.78 Å². The average molecular weight is 212 g/mol. The molecule has 1 aromatic carbocycles. The van der Waals surface area contributed by atoms with Crippen LogP contribution in [0.3, 0.4) is 0 Å². The summed E-state index contributed by atoms with van der Waals surface area (Å²) < 4.78 is 25.9. The van der Waals surface area contributed by atoms with Gasteiger partial charge in [-0.2, -0.15) is 0 Å². The van der Waals surface area contributed by atoms with Crippen LogP contribution in [-0.2, 0) is 11.2 Å². The van der Waals surface area contributed by atoms with Gasteiger partial charge in [0.1, 0.15) is 17.4 Å². The van der Waals surface area contributed by atoms with Crippen molar-refractivity contribution in [1.29, 1.82) is 0 Å². The van der Waals surface area contributed by atoms with Gasteiger partial charge in [0.2, 0.25) is 0 Å². The summed E-state index contributed by atoms with van der Waals surface area (Å²) in [5.74, 6) is -0.906. The lowest BCUT2D eigenvalue weighted by atomic mass is 10.0. The maximum Gasteiger partial charge on any atom is 0.135 e. The van der Waals surface area contributed by atoms with E-state index in [-0.39, 0.29) is 30.1 Å². The van der Waals surface area contributed by atoms with E-state index in [0.717, 1.165) is 18.2 Å². The molecule has 0 N–H and O–H groups in total. The summed E-state index contributed by atoms with van der Waals surface area (Å²) in [6.07, 6.45) is 0.526. The number of hydrogen-bond acceptors (Lipinski definition) is 1. The van der Waals surface area contributed by atoms with E-state index in [1.54, 1.807) is 13.8 Å². The van der Waals surface area contributed by atoms with Crippen molar-refractivity contribution in [3.8, 4) is 0 Å². The largest absolute Gasteiger partial charge is 0.299 e. The van der Waals surface area contributed by atoms with Crippen LogP contribution in [-0.4, -0.2) is 5.78 Å². The molecular weight excluding hydrogens is 198 g/mol. The minimum Gasteiger partial charge on any atom is -0.299 e. The van der Waals surface area contributed by atoms with Gasteiger partial charge >= 0.3 is 0 Å². The van der Waals surface area contributed by atoms with E-state index in [4.69, 9.17) is 0 Å². The van der Waals surface area contributed by atoms with Crippen molar-refractivity contribution in [1.82, 2.24) is 0 Å². The first kappa shape index (κ1) is 11.8. The first-order valence-electron chi connectivity index (χ1n) is 4.97. The first-order chi connectivity index (χ1) is 7.00. The van der Waals surface area contributed by atoms with E-state index in [1.807, 2.05) is 0 Å². The zero-order valence-corrected chi connectivity index (χ0v) is 8.89. The predicted octanol–water partition coefficient (Wildman–Crippen LogP) is 3.12. The molecule has 0 amide bonds. The van der Waals surface area contributed by atoms with Crippen molar-refractivity contribution < 1.29 is 13.6 Å². The summed E-state index contributed by atoms with van der Waals surface area (Å²) >= 11 is 0.